The monoisotopic (exact) mass is 337 g/mol. The van der Waals surface area contributed by atoms with Crippen LogP contribution in [0, 0.1) is 0 Å². The normalized spacial score (nSPS) is 18.4. The second kappa shape index (κ2) is 6.76. The van der Waals surface area contributed by atoms with Crippen LogP contribution in [0.5, 0.6) is 0 Å². The van der Waals surface area contributed by atoms with E-state index in [2.05, 4.69) is 46.8 Å². The SMILES string of the molecule is CN1CCC(CNC(=O)Nc2ccc3c(c2)COC3)c2ccccc21. The van der Waals surface area contributed by atoms with Gasteiger partial charge in [0, 0.05) is 37.4 Å². The number of urea groups is 1. The molecule has 5 nitrogen and oxygen atoms in total. The molecule has 5 heteroatoms. The summed E-state index contributed by atoms with van der Waals surface area (Å²) in [6.45, 7) is 2.94. The molecule has 130 valence electrons. The fourth-order valence-electron chi connectivity index (χ4n) is 3.66. The van der Waals surface area contributed by atoms with Crippen LogP contribution < -0.4 is 15.5 Å². The molecule has 0 fully saturated rings. The van der Waals surface area contributed by atoms with E-state index in [4.69, 9.17) is 4.74 Å². The van der Waals surface area contributed by atoms with Crippen LogP contribution in [0.4, 0.5) is 16.2 Å². The van der Waals surface area contributed by atoms with Crippen molar-refractivity contribution in [1.82, 2.24) is 5.32 Å². The quantitative estimate of drug-likeness (QED) is 0.902. The van der Waals surface area contributed by atoms with E-state index in [1.54, 1.807) is 0 Å². The third kappa shape index (κ3) is 3.33. The summed E-state index contributed by atoms with van der Waals surface area (Å²) in [5.74, 6) is 0.353. The molecule has 1 unspecified atom stereocenters. The zero-order valence-corrected chi connectivity index (χ0v) is 14.4. The minimum absolute atomic E-state index is 0.157. The number of nitrogens with zero attached hydrogens (tertiary/aromatic N) is 1. The van der Waals surface area contributed by atoms with Crippen molar-refractivity contribution in [3.05, 3.63) is 59.2 Å². The van der Waals surface area contributed by atoms with Gasteiger partial charge in [-0.25, -0.2) is 4.79 Å². The van der Waals surface area contributed by atoms with E-state index in [-0.39, 0.29) is 6.03 Å². The first-order valence-electron chi connectivity index (χ1n) is 8.75. The fraction of sp³-hybridized carbons (Fsp3) is 0.350. The van der Waals surface area contributed by atoms with Gasteiger partial charge in [-0.2, -0.15) is 0 Å². The van der Waals surface area contributed by atoms with Gasteiger partial charge in [0.15, 0.2) is 0 Å². The fourth-order valence-corrected chi connectivity index (χ4v) is 3.66. The van der Waals surface area contributed by atoms with Gasteiger partial charge in [-0.05, 0) is 41.3 Å². The zero-order chi connectivity index (χ0) is 17.2. The zero-order valence-electron chi connectivity index (χ0n) is 14.4. The molecule has 2 aromatic rings. The van der Waals surface area contributed by atoms with Gasteiger partial charge in [0.05, 0.1) is 13.2 Å². The molecule has 25 heavy (non-hydrogen) atoms. The number of carbonyl (C=O) groups is 1. The summed E-state index contributed by atoms with van der Waals surface area (Å²) in [4.78, 5) is 14.5. The second-order valence-corrected chi connectivity index (χ2v) is 6.78. The van der Waals surface area contributed by atoms with Crippen molar-refractivity contribution in [1.29, 1.82) is 0 Å². The van der Waals surface area contributed by atoms with E-state index in [1.807, 2.05) is 18.2 Å². The Kier molecular flexibility index (Phi) is 4.32. The Morgan fingerprint density at radius 1 is 1.20 bits per heavy atom. The molecule has 2 aliphatic heterocycles. The molecule has 1 atom stereocenters. The predicted molar refractivity (Wildman–Crippen MR) is 99.0 cm³/mol. The highest BCUT2D eigenvalue weighted by Gasteiger charge is 2.23. The van der Waals surface area contributed by atoms with Gasteiger partial charge >= 0.3 is 6.03 Å². The first-order chi connectivity index (χ1) is 12.2. The summed E-state index contributed by atoms with van der Waals surface area (Å²) in [7, 11) is 2.12. The van der Waals surface area contributed by atoms with E-state index in [0.29, 0.717) is 25.7 Å². The van der Waals surface area contributed by atoms with Crippen molar-refractivity contribution in [3.8, 4) is 0 Å². The number of carbonyl (C=O) groups excluding carboxylic acids is 1. The van der Waals surface area contributed by atoms with Crippen LogP contribution >= 0.6 is 0 Å². The Balaban J connectivity index is 1.37. The molecule has 0 saturated carbocycles. The van der Waals surface area contributed by atoms with Crippen molar-refractivity contribution < 1.29 is 9.53 Å². The highest BCUT2D eigenvalue weighted by atomic mass is 16.5. The number of benzene rings is 2. The largest absolute Gasteiger partial charge is 0.374 e. The van der Waals surface area contributed by atoms with Crippen LogP contribution in [0.3, 0.4) is 0 Å². The van der Waals surface area contributed by atoms with Crippen molar-refractivity contribution in [2.24, 2.45) is 0 Å². The van der Waals surface area contributed by atoms with Gasteiger partial charge in [-0.3, -0.25) is 0 Å². The smallest absolute Gasteiger partial charge is 0.319 e. The summed E-state index contributed by atoms with van der Waals surface area (Å²) in [5, 5.41) is 5.95. The summed E-state index contributed by atoms with van der Waals surface area (Å²) in [6, 6.07) is 14.2. The topological polar surface area (TPSA) is 53.6 Å². The predicted octanol–water partition coefficient (Wildman–Crippen LogP) is 3.46. The van der Waals surface area contributed by atoms with Crippen LogP contribution in [0.25, 0.3) is 0 Å². The van der Waals surface area contributed by atoms with Gasteiger partial charge in [-0.1, -0.05) is 24.3 Å². The van der Waals surface area contributed by atoms with E-state index in [9.17, 15) is 4.79 Å². The highest BCUT2D eigenvalue weighted by molar-refractivity contribution is 5.89. The number of para-hydroxylation sites is 1. The molecule has 2 aromatic carbocycles. The van der Waals surface area contributed by atoms with E-state index in [1.165, 1.54) is 16.8 Å². The molecule has 2 amide bonds. The van der Waals surface area contributed by atoms with Crippen molar-refractivity contribution in [2.75, 3.05) is 30.4 Å². The Morgan fingerprint density at radius 3 is 2.96 bits per heavy atom. The Morgan fingerprint density at radius 2 is 2.04 bits per heavy atom. The third-order valence-electron chi connectivity index (χ3n) is 5.09. The van der Waals surface area contributed by atoms with Crippen molar-refractivity contribution in [3.63, 3.8) is 0 Å². The van der Waals surface area contributed by atoms with Crippen LogP contribution in [0.2, 0.25) is 0 Å². The standard InChI is InChI=1S/C20H23N3O2/c1-23-9-8-14(18-4-2-3-5-19(18)23)11-21-20(24)22-17-7-6-15-12-25-13-16(15)10-17/h2-7,10,14H,8-9,11-13H2,1H3,(H2,21,22,24). The molecule has 0 aliphatic carbocycles. The molecule has 0 saturated heterocycles. The van der Waals surface area contributed by atoms with Crippen LogP contribution in [-0.2, 0) is 18.0 Å². The number of hydrogen-bond acceptors (Lipinski definition) is 3. The number of nitrogens with one attached hydrogen (secondary N) is 2. The average molecular weight is 337 g/mol. The summed E-state index contributed by atoms with van der Waals surface area (Å²) < 4.78 is 5.41. The number of fused-ring (bicyclic) bond motifs is 2. The molecular weight excluding hydrogens is 314 g/mol. The van der Waals surface area contributed by atoms with E-state index in [0.717, 1.165) is 24.2 Å². The van der Waals surface area contributed by atoms with Gasteiger partial charge in [0.2, 0.25) is 0 Å². The molecule has 0 aromatic heterocycles. The van der Waals surface area contributed by atoms with Gasteiger partial charge < -0.3 is 20.3 Å². The van der Waals surface area contributed by atoms with Gasteiger partial charge in [0.1, 0.15) is 0 Å². The molecule has 2 heterocycles. The number of rotatable bonds is 3. The first-order valence-corrected chi connectivity index (χ1v) is 8.75. The maximum Gasteiger partial charge on any atom is 0.319 e. The Hall–Kier alpha value is -2.53. The molecule has 2 N–H and O–H groups in total. The van der Waals surface area contributed by atoms with Crippen molar-refractivity contribution >= 4 is 17.4 Å². The molecule has 4 rings (SSSR count). The molecule has 0 bridgehead atoms. The lowest BCUT2D eigenvalue weighted by atomic mass is 9.90. The maximum absolute atomic E-state index is 12.3. The molecule has 2 aliphatic rings. The van der Waals surface area contributed by atoms with Crippen LogP contribution in [0.1, 0.15) is 29.0 Å². The second-order valence-electron chi connectivity index (χ2n) is 6.78. The molecular formula is C20H23N3O2. The number of ether oxygens (including phenoxy) is 1. The van der Waals surface area contributed by atoms with E-state index >= 15 is 0 Å². The average Bonchev–Trinajstić information content (AvgIpc) is 3.09. The summed E-state index contributed by atoms with van der Waals surface area (Å²) >= 11 is 0. The van der Waals surface area contributed by atoms with Gasteiger partial charge in [0.25, 0.3) is 0 Å². The lowest BCUT2D eigenvalue weighted by molar-refractivity contribution is 0.134. The lowest BCUT2D eigenvalue weighted by Crippen LogP contribution is -2.36. The summed E-state index contributed by atoms with van der Waals surface area (Å²) in [6.07, 6.45) is 1.05. The summed E-state index contributed by atoms with van der Waals surface area (Å²) in [5.41, 5.74) is 5.74. The van der Waals surface area contributed by atoms with Gasteiger partial charge in [-0.15, -0.1) is 0 Å². The Bertz CT molecular complexity index is 790. The number of hydrogen-bond donors (Lipinski definition) is 2. The number of anilines is 2. The molecule has 0 radical (unpaired) electrons. The molecule has 0 spiro atoms. The minimum atomic E-state index is -0.157. The number of amides is 2. The lowest BCUT2D eigenvalue weighted by Gasteiger charge is -2.33. The third-order valence-corrected chi connectivity index (χ3v) is 5.09. The Labute approximate surface area is 148 Å². The first kappa shape index (κ1) is 16.0. The minimum Gasteiger partial charge on any atom is -0.374 e. The van der Waals surface area contributed by atoms with Crippen molar-refractivity contribution in [2.45, 2.75) is 25.6 Å². The highest BCUT2D eigenvalue weighted by Crippen LogP contribution is 2.33. The van der Waals surface area contributed by atoms with Crippen LogP contribution in [-0.4, -0.2) is 26.2 Å². The van der Waals surface area contributed by atoms with Crippen LogP contribution in [0.15, 0.2) is 42.5 Å². The van der Waals surface area contributed by atoms with E-state index < -0.39 is 0 Å². The maximum atomic E-state index is 12.3.